The molecule has 0 bridgehead atoms. The van der Waals surface area contributed by atoms with E-state index in [1.165, 1.54) is 115 Å². The fraction of sp³-hybridized carbons (Fsp3) is 0.897. The van der Waals surface area contributed by atoms with Gasteiger partial charge in [0, 0.05) is 0 Å². The summed E-state index contributed by atoms with van der Waals surface area (Å²) in [5.74, 6) is 3.79. The number of nitrogens with zero attached hydrogens (tertiary/aromatic N) is 1. The van der Waals surface area contributed by atoms with Crippen LogP contribution < -0.4 is 0 Å². The van der Waals surface area contributed by atoms with Gasteiger partial charge in [-0.25, -0.2) is 0 Å². The number of nitriles is 1. The van der Waals surface area contributed by atoms with Crippen LogP contribution in [0.2, 0.25) is 0 Å². The standard InChI is InChI=1S/C29H49N/c1-3-5-7-9-24-11-15-26(16-12-24)27-19-21-29(23-30,22-20-27)28-17-13-25(14-18-28)10-8-6-4-2/h17,24-27H,3-16,18-22H2,1-2H3. The number of hydrogen-bond donors (Lipinski definition) is 0. The Hall–Kier alpha value is -0.770. The predicted molar refractivity (Wildman–Crippen MR) is 129 cm³/mol. The first-order valence-corrected chi connectivity index (χ1v) is 13.8. The van der Waals surface area contributed by atoms with Gasteiger partial charge >= 0.3 is 0 Å². The van der Waals surface area contributed by atoms with Gasteiger partial charge in [-0.15, -0.1) is 0 Å². The summed E-state index contributed by atoms with van der Waals surface area (Å²) >= 11 is 0. The normalized spacial score (nSPS) is 34.9. The Kier molecular flexibility index (Phi) is 9.80. The van der Waals surface area contributed by atoms with Crippen LogP contribution in [0.1, 0.15) is 136 Å². The Morgan fingerprint density at radius 3 is 1.93 bits per heavy atom. The van der Waals surface area contributed by atoms with Crippen LogP contribution in [0.15, 0.2) is 11.6 Å². The smallest absolute Gasteiger partial charge is 0.0782 e. The van der Waals surface area contributed by atoms with Crippen molar-refractivity contribution >= 4 is 0 Å². The molecule has 0 spiro atoms. The van der Waals surface area contributed by atoms with Gasteiger partial charge in [-0.05, 0) is 81.5 Å². The molecular weight excluding hydrogens is 362 g/mol. The molecule has 0 N–H and O–H groups in total. The van der Waals surface area contributed by atoms with E-state index in [4.69, 9.17) is 0 Å². The van der Waals surface area contributed by atoms with Crippen molar-refractivity contribution in [2.45, 2.75) is 136 Å². The van der Waals surface area contributed by atoms with Crippen molar-refractivity contribution in [2.24, 2.45) is 29.1 Å². The largest absolute Gasteiger partial charge is 0.197 e. The van der Waals surface area contributed by atoms with Crippen molar-refractivity contribution in [2.75, 3.05) is 0 Å². The van der Waals surface area contributed by atoms with E-state index in [-0.39, 0.29) is 5.41 Å². The molecule has 1 unspecified atom stereocenters. The third-order valence-electron chi connectivity index (χ3n) is 9.22. The highest BCUT2D eigenvalue weighted by Gasteiger charge is 2.41. The first-order chi connectivity index (χ1) is 14.7. The van der Waals surface area contributed by atoms with Crippen molar-refractivity contribution < 1.29 is 0 Å². The maximum absolute atomic E-state index is 10.2. The molecular formula is C29H49N. The molecule has 30 heavy (non-hydrogen) atoms. The topological polar surface area (TPSA) is 23.8 Å². The molecule has 170 valence electrons. The molecule has 1 atom stereocenters. The van der Waals surface area contributed by atoms with E-state index < -0.39 is 0 Å². The predicted octanol–water partition coefficient (Wildman–Crippen LogP) is 9.38. The van der Waals surface area contributed by atoms with E-state index in [1.54, 1.807) is 0 Å². The molecule has 0 aromatic carbocycles. The van der Waals surface area contributed by atoms with Crippen LogP contribution >= 0.6 is 0 Å². The maximum atomic E-state index is 10.2. The van der Waals surface area contributed by atoms with E-state index in [1.807, 2.05) is 0 Å². The van der Waals surface area contributed by atoms with E-state index in [9.17, 15) is 5.26 Å². The van der Waals surface area contributed by atoms with Crippen LogP contribution in [-0.2, 0) is 0 Å². The van der Waals surface area contributed by atoms with E-state index in [0.717, 1.165) is 36.5 Å². The number of rotatable bonds is 10. The molecule has 1 heteroatoms. The highest BCUT2D eigenvalue weighted by atomic mass is 14.5. The summed E-state index contributed by atoms with van der Waals surface area (Å²) in [6, 6.07) is 2.85. The summed E-state index contributed by atoms with van der Waals surface area (Å²) < 4.78 is 0. The number of unbranched alkanes of at least 4 members (excludes halogenated alkanes) is 4. The molecule has 0 aromatic rings. The van der Waals surface area contributed by atoms with Crippen molar-refractivity contribution in [1.82, 2.24) is 0 Å². The fourth-order valence-electron chi connectivity index (χ4n) is 7.01. The Bertz CT molecular complexity index is 551. The van der Waals surface area contributed by atoms with Crippen molar-refractivity contribution in [3.63, 3.8) is 0 Å². The van der Waals surface area contributed by atoms with Gasteiger partial charge < -0.3 is 0 Å². The lowest BCUT2D eigenvalue weighted by Crippen LogP contribution is -2.33. The molecule has 3 aliphatic rings. The lowest BCUT2D eigenvalue weighted by Gasteiger charge is -2.42. The van der Waals surface area contributed by atoms with Crippen LogP contribution in [0.25, 0.3) is 0 Å². The second kappa shape index (κ2) is 12.3. The Balaban J connectivity index is 1.44. The van der Waals surface area contributed by atoms with Gasteiger partial charge in [0.25, 0.3) is 0 Å². The third-order valence-corrected chi connectivity index (χ3v) is 9.22. The van der Waals surface area contributed by atoms with Crippen LogP contribution in [-0.4, -0.2) is 0 Å². The summed E-state index contributed by atoms with van der Waals surface area (Å²) in [6.45, 7) is 4.61. The molecule has 0 aliphatic heterocycles. The van der Waals surface area contributed by atoms with Crippen LogP contribution in [0.3, 0.4) is 0 Å². The van der Waals surface area contributed by atoms with Crippen LogP contribution in [0, 0.1) is 40.4 Å². The average molecular weight is 412 g/mol. The molecule has 0 heterocycles. The summed E-state index contributed by atoms with van der Waals surface area (Å²) in [4.78, 5) is 0. The van der Waals surface area contributed by atoms with Gasteiger partial charge in [0.15, 0.2) is 0 Å². The Morgan fingerprint density at radius 2 is 1.40 bits per heavy atom. The zero-order chi connectivity index (χ0) is 21.2. The molecule has 2 saturated carbocycles. The summed E-state index contributed by atoms with van der Waals surface area (Å²) in [7, 11) is 0. The number of allylic oxidation sites excluding steroid dienone is 2. The quantitative estimate of drug-likeness (QED) is 0.259. The van der Waals surface area contributed by atoms with Gasteiger partial charge in [0.2, 0.25) is 0 Å². The van der Waals surface area contributed by atoms with Gasteiger partial charge in [-0.1, -0.05) is 89.7 Å². The summed E-state index contributed by atoms with van der Waals surface area (Å²) in [5, 5.41) is 10.2. The molecule has 0 aromatic heterocycles. The second-order valence-electron chi connectivity index (χ2n) is 11.2. The summed E-state index contributed by atoms with van der Waals surface area (Å²) in [6.07, 6.45) is 28.4. The minimum Gasteiger partial charge on any atom is -0.197 e. The van der Waals surface area contributed by atoms with Crippen molar-refractivity contribution in [3.05, 3.63) is 11.6 Å². The molecule has 0 saturated heterocycles. The molecule has 3 aliphatic carbocycles. The third kappa shape index (κ3) is 6.37. The van der Waals surface area contributed by atoms with Crippen LogP contribution in [0.4, 0.5) is 0 Å². The van der Waals surface area contributed by atoms with Gasteiger partial charge in [0.1, 0.15) is 0 Å². The monoisotopic (exact) mass is 411 g/mol. The average Bonchev–Trinajstić information content (AvgIpc) is 2.80. The van der Waals surface area contributed by atoms with Crippen molar-refractivity contribution in [3.8, 4) is 6.07 Å². The molecule has 0 radical (unpaired) electrons. The fourth-order valence-corrected chi connectivity index (χ4v) is 7.01. The van der Waals surface area contributed by atoms with Crippen LogP contribution in [0.5, 0.6) is 0 Å². The van der Waals surface area contributed by atoms with E-state index in [0.29, 0.717) is 0 Å². The van der Waals surface area contributed by atoms with E-state index in [2.05, 4.69) is 26.0 Å². The van der Waals surface area contributed by atoms with Gasteiger partial charge in [-0.2, -0.15) is 5.26 Å². The zero-order valence-corrected chi connectivity index (χ0v) is 20.3. The minimum atomic E-state index is -0.0950. The van der Waals surface area contributed by atoms with Gasteiger partial charge in [0.05, 0.1) is 11.5 Å². The lowest BCUT2D eigenvalue weighted by atomic mass is 9.61. The van der Waals surface area contributed by atoms with Gasteiger partial charge in [-0.3, -0.25) is 0 Å². The number of hydrogen-bond acceptors (Lipinski definition) is 1. The molecule has 1 nitrogen and oxygen atoms in total. The maximum Gasteiger partial charge on any atom is 0.0782 e. The Labute approximate surface area is 188 Å². The van der Waals surface area contributed by atoms with Crippen molar-refractivity contribution in [1.29, 1.82) is 5.26 Å². The lowest BCUT2D eigenvalue weighted by molar-refractivity contribution is 0.130. The SMILES string of the molecule is CCCCCC1CC=C(C2(C#N)CCC(C3CCC(CCCCC)CC3)CC2)CC1. The molecule has 2 fully saturated rings. The first-order valence-electron chi connectivity index (χ1n) is 13.8. The molecule has 0 amide bonds. The van der Waals surface area contributed by atoms with E-state index >= 15 is 0 Å². The molecule has 3 rings (SSSR count). The summed E-state index contributed by atoms with van der Waals surface area (Å²) in [5.41, 5.74) is 1.44. The Morgan fingerprint density at radius 1 is 0.800 bits per heavy atom. The zero-order valence-electron chi connectivity index (χ0n) is 20.3. The highest BCUT2D eigenvalue weighted by Crippen LogP contribution is 2.51. The highest BCUT2D eigenvalue weighted by molar-refractivity contribution is 5.26. The minimum absolute atomic E-state index is 0.0950. The second-order valence-corrected chi connectivity index (χ2v) is 11.2. The first kappa shape index (κ1) is 23.9.